The van der Waals surface area contributed by atoms with Gasteiger partial charge in [0.25, 0.3) is 5.91 Å². The van der Waals surface area contributed by atoms with Crippen molar-refractivity contribution in [3.63, 3.8) is 0 Å². The molecule has 0 saturated carbocycles. The van der Waals surface area contributed by atoms with Gasteiger partial charge in [0.1, 0.15) is 11.6 Å². The van der Waals surface area contributed by atoms with Gasteiger partial charge >= 0.3 is 0 Å². The van der Waals surface area contributed by atoms with Gasteiger partial charge in [-0.2, -0.15) is 5.10 Å². The molecule has 3 aromatic rings. The predicted molar refractivity (Wildman–Crippen MR) is 90.2 cm³/mol. The van der Waals surface area contributed by atoms with Crippen molar-refractivity contribution in [2.75, 3.05) is 6.61 Å². The van der Waals surface area contributed by atoms with Crippen molar-refractivity contribution in [2.45, 2.75) is 6.54 Å². The Morgan fingerprint density at radius 2 is 2.00 bits per heavy atom. The molecule has 2 aromatic heterocycles. The largest absolute Gasteiger partial charge is 0.484 e. The molecular weight excluding hydrogens is 323 g/mol. The van der Waals surface area contributed by atoms with Crippen molar-refractivity contribution in [1.82, 2.24) is 20.1 Å². The fourth-order valence-electron chi connectivity index (χ4n) is 2.24. The van der Waals surface area contributed by atoms with Crippen molar-refractivity contribution in [3.05, 3.63) is 66.5 Å². The number of hydrogen-bond acceptors (Lipinski definition) is 4. The second-order valence-electron chi connectivity index (χ2n) is 5.50. The first kappa shape index (κ1) is 16.6. The molecule has 1 amide bonds. The van der Waals surface area contributed by atoms with Crippen molar-refractivity contribution in [2.24, 2.45) is 7.05 Å². The fourth-order valence-corrected chi connectivity index (χ4v) is 2.24. The lowest BCUT2D eigenvalue weighted by Gasteiger charge is -2.08. The summed E-state index contributed by atoms with van der Waals surface area (Å²) in [6.07, 6.45) is 7.10. The third-order valence-corrected chi connectivity index (χ3v) is 3.51. The zero-order valence-electron chi connectivity index (χ0n) is 13.6. The van der Waals surface area contributed by atoms with Crippen molar-refractivity contribution >= 4 is 5.91 Å². The molecule has 0 radical (unpaired) electrons. The van der Waals surface area contributed by atoms with Crippen molar-refractivity contribution in [3.8, 4) is 16.9 Å². The van der Waals surface area contributed by atoms with Crippen LogP contribution in [0.25, 0.3) is 11.1 Å². The van der Waals surface area contributed by atoms with E-state index in [1.165, 1.54) is 24.3 Å². The number of carbonyl (C=O) groups excluding carboxylic acids is 1. The van der Waals surface area contributed by atoms with Crippen molar-refractivity contribution < 1.29 is 13.9 Å². The Hall–Kier alpha value is -3.22. The Labute approximate surface area is 144 Å². The van der Waals surface area contributed by atoms with Crippen LogP contribution in [-0.4, -0.2) is 27.3 Å². The van der Waals surface area contributed by atoms with Gasteiger partial charge in [-0.3, -0.25) is 14.5 Å². The minimum absolute atomic E-state index is 0.138. The number of benzene rings is 1. The normalized spacial score (nSPS) is 10.5. The quantitative estimate of drug-likeness (QED) is 0.748. The first-order valence-electron chi connectivity index (χ1n) is 7.68. The number of aryl methyl sites for hydroxylation is 1. The van der Waals surface area contributed by atoms with Gasteiger partial charge in [0, 0.05) is 43.3 Å². The summed E-state index contributed by atoms with van der Waals surface area (Å²) in [6.45, 7) is 0.202. The Morgan fingerprint density at radius 3 is 2.72 bits per heavy atom. The predicted octanol–water partition coefficient (Wildman–Crippen LogP) is 2.32. The maximum absolute atomic E-state index is 12.8. The van der Waals surface area contributed by atoms with E-state index < -0.39 is 0 Å². The number of amides is 1. The average Bonchev–Trinajstić information content (AvgIpc) is 3.06. The molecule has 6 nitrogen and oxygen atoms in total. The van der Waals surface area contributed by atoms with Gasteiger partial charge < -0.3 is 10.1 Å². The molecule has 0 aliphatic heterocycles. The third-order valence-electron chi connectivity index (χ3n) is 3.51. The highest BCUT2D eigenvalue weighted by molar-refractivity contribution is 5.77. The summed E-state index contributed by atoms with van der Waals surface area (Å²) in [4.78, 5) is 16.1. The molecule has 0 aliphatic carbocycles. The maximum atomic E-state index is 12.8. The number of aromatic nitrogens is 3. The van der Waals surface area contributed by atoms with E-state index in [2.05, 4.69) is 15.4 Å². The highest BCUT2D eigenvalue weighted by Gasteiger charge is 2.06. The Kier molecular flexibility index (Phi) is 5.03. The number of hydrogen-bond donors (Lipinski definition) is 1. The average molecular weight is 340 g/mol. The highest BCUT2D eigenvalue weighted by atomic mass is 19.1. The van der Waals surface area contributed by atoms with E-state index >= 15 is 0 Å². The lowest BCUT2D eigenvalue weighted by molar-refractivity contribution is -0.123. The Balaban J connectivity index is 1.52. The van der Waals surface area contributed by atoms with E-state index in [1.54, 1.807) is 23.3 Å². The molecule has 1 aromatic carbocycles. The van der Waals surface area contributed by atoms with Crippen molar-refractivity contribution in [1.29, 1.82) is 0 Å². The van der Waals surface area contributed by atoms with Crippen LogP contribution < -0.4 is 10.1 Å². The second-order valence-corrected chi connectivity index (χ2v) is 5.50. The molecule has 25 heavy (non-hydrogen) atoms. The molecule has 0 spiro atoms. The summed E-state index contributed by atoms with van der Waals surface area (Å²) < 4.78 is 19.8. The van der Waals surface area contributed by atoms with Crippen LogP contribution >= 0.6 is 0 Å². The summed E-state index contributed by atoms with van der Waals surface area (Å²) in [5, 5.41) is 6.90. The first-order valence-corrected chi connectivity index (χ1v) is 7.68. The van der Waals surface area contributed by atoms with E-state index in [0.29, 0.717) is 12.3 Å². The number of halogens is 1. The number of nitrogens with zero attached hydrogens (tertiary/aromatic N) is 3. The van der Waals surface area contributed by atoms with Gasteiger partial charge in [-0.05, 0) is 35.9 Å². The van der Waals surface area contributed by atoms with Crippen LogP contribution in [0.15, 0.2) is 55.1 Å². The number of nitrogens with one attached hydrogen (secondary N) is 1. The second kappa shape index (κ2) is 7.57. The first-order chi connectivity index (χ1) is 12.1. The minimum Gasteiger partial charge on any atom is -0.484 e. The summed E-state index contributed by atoms with van der Waals surface area (Å²) >= 11 is 0. The summed E-state index contributed by atoms with van der Waals surface area (Å²) in [6, 6.07) is 7.46. The molecule has 0 bridgehead atoms. The zero-order chi connectivity index (χ0) is 17.6. The molecule has 128 valence electrons. The van der Waals surface area contributed by atoms with Crippen LogP contribution in [0.5, 0.6) is 5.75 Å². The lowest BCUT2D eigenvalue weighted by atomic mass is 10.1. The standard InChI is InChI=1S/C18H17FN4O2/c1-23-11-15(10-22-23)14-6-13(7-20-9-14)8-21-18(24)12-25-17-4-2-16(19)3-5-17/h2-7,9-11H,8,12H2,1H3,(H,21,24). The van der Waals surface area contributed by atoms with E-state index in [9.17, 15) is 9.18 Å². The summed E-state index contributed by atoms with van der Waals surface area (Å²) in [5.41, 5.74) is 2.77. The highest BCUT2D eigenvalue weighted by Crippen LogP contribution is 2.18. The third kappa shape index (κ3) is 4.63. The van der Waals surface area contributed by atoms with Crippen LogP contribution in [0.4, 0.5) is 4.39 Å². The van der Waals surface area contributed by atoms with Gasteiger partial charge in [-0.25, -0.2) is 4.39 Å². The summed E-state index contributed by atoms with van der Waals surface area (Å²) in [7, 11) is 1.85. The molecular formula is C18H17FN4O2. The van der Waals surface area contributed by atoms with E-state index in [1.807, 2.05) is 19.3 Å². The van der Waals surface area contributed by atoms with Crippen LogP contribution in [-0.2, 0) is 18.4 Å². The Bertz CT molecular complexity index is 862. The number of rotatable bonds is 6. The van der Waals surface area contributed by atoms with E-state index in [4.69, 9.17) is 4.74 Å². The monoisotopic (exact) mass is 340 g/mol. The lowest BCUT2D eigenvalue weighted by Crippen LogP contribution is -2.28. The van der Waals surface area contributed by atoms with Gasteiger partial charge in [-0.1, -0.05) is 0 Å². The fraction of sp³-hybridized carbons (Fsp3) is 0.167. The van der Waals surface area contributed by atoms with E-state index in [0.717, 1.165) is 16.7 Å². The van der Waals surface area contributed by atoms with Crippen LogP contribution in [0.3, 0.4) is 0 Å². The number of ether oxygens (including phenoxy) is 1. The number of pyridine rings is 1. The van der Waals surface area contributed by atoms with Crippen LogP contribution in [0, 0.1) is 5.82 Å². The number of carbonyl (C=O) groups is 1. The molecule has 0 aliphatic rings. The molecule has 0 unspecified atom stereocenters. The van der Waals surface area contributed by atoms with E-state index in [-0.39, 0.29) is 18.3 Å². The summed E-state index contributed by atoms with van der Waals surface area (Å²) in [5.74, 6) is -0.175. The van der Waals surface area contributed by atoms with Crippen LogP contribution in [0.1, 0.15) is 5.56 Å². The molecule has 7 heteroatoms. The molecule has 3 rings (SSSR count). The maximum Gasteiger partial charge on any atom is 0.258 e. The van der Waals surface area contributed by atoms with Gasteiger partial charge in [-0.15, -0.1) is 0 Å². The van der Waals surface area contributed by atoms with Gasteiger partial charge in [0.15, 0.2) is 6.61 Å². The molecule has 2 heterocycles. The molecule has 0 saturated heterocycles. The zero-order valence-corrected chi connectivity index (χ0v) is 13.6. The molecule has 0 atom stereocenters. The molecule has 1 N–H and O–H groups in total. The molecule has 0 fully saturated rings. The van der Waals surface area contributed by atoms with Gasteiger partial charge in [0.05, 0.1) is 6.20 Å². The Morgan fingerprint density at radius 1 is 1.20 bits per heavy atom. The SMILES string of the molecule is Cn1cc(-c2cncc(CNC(=O)COc3ccc(F)cc3)c2)cn1. The smallest absolute Gasteiger partial charge is 0.258 e. The minimum atomic E-state index is -0.349. The topological polar surface area (TPSA) is 69.0 Å². The van der Waals surface area contributed by atoms with Crippen LogP contribution in [0.2, 0.25) is 0 Å². The van der Waals surface area contributed by atoms with Gasteiger partial charge in [0.2, 0.25) is 0 Å².